The maximum atomic E-state index is 12.2. The second-order valence-corrected chi connectivity index (χ2v) is 6.21. The molecule has 3 heterocycles. The quantitative estimate of drug-likeness (QED) is 0.930. The van der Waals surface area contributed by atoms with Crippen molar-refractivity contribution >= 4 is 11.7 Å². The van der Waals surface area contributed by atoms with Crippen molar-refractivity contribution in [3.63, 3.8) is 0 Å². The highest BCUT2D eigenvalue weighted by Crippen LogP contribution is 2.18. The fourth-order valence-corrected chi connectivity index (χ4v) is 3.10. The Kier molecular flexibility index (Phi) is 4.43. The van der Waals surface area contributed by atoms with E-state index in [0.717, 1.165) is 51.2 Å². The summed E-state index contributed by atoms with van der Waals surface area (Å²) in [7, 11) is 0. The van der Waals surface area contributed by atoms with Crippen LogP contribution in [-0.4, -0.2) is 46.5 Å². The first kappa shape index (κ1) is 14.4. The van der Waals surface area contributed by atoms with E-state index in [4.69, 9.17) is 4.74 Å². The van der Waals surface area contributed by atoms with Gasteiger partial charge >= 0.3 is 6.03 Å². The van der Waals surface area contributed by atoms with Crippen molar-refractivity contribution in [1.82, 2.24) is 14.7 Å². The lowest BCUT2D eigenvalue weighted by molar-refractivity contribution is 0.0940. The normalized spacial score (nSPS) is 26.0. The van der Waals surface area contributed by atoms with Gasteiger partial charge in [0, 0.05) is 25.9 Å². The van der Waals surface area contributed by atoms with Gasteiger partial charge in [-0.05, 0) is 31.6 Å². The molecule has 2 atom stereocenters. The zero-order chi connectivity index (χ0) is 14.7. The number of hydrogen-bond acceptors (Lipinski definition) is 3. The van der Waals surface area contributed by atoms with Gasteiger partial charge in [0.2, 0.25) is 0 Å². The van der Waals surface area contributed by atoms with Crippen molar-refractivity contribution in [2.24, 2.45) is 5.92 Å². The maximum Gasteiger partial charge on any atom is 0.321 e. The molecule has 2 aliphatic rings. The van der Waals surface area contributed by atoms with Crippen LogP contribution in [0.5, 0.6) is 0 Å². The zero-order valence-electron chi connectivity index (χ0n) is 12.6. The summed E-state index contributed by atoms with van der Waals surface area (Å²) >= 11 is 0. The number of nitrogens with one attached hydrogen (secondary N) is 1. The molecule has 2 amide bonds. The van der Waals surface area contributed by atoms with Gasteiger partial charge in [-0.2, -0.15) is 5.10 Å². The molecule has 2 saturated heterocycles. The number of rotatable bonds is 3. The van der Waals surface area contributed by atoms with Crippen molar-refractivity contribution in [3.05, 3.63) is 12.4 Å². The van der Waals surface area contributed by atoms with Gasteiger partial charge in [-0.1, -0.05) is 6.92 Å². The van der Waals surface area contributed by atoms with Gasteiger partial charge in [-0.15, -0.1) is 0 Å². The first-order valence-corrected chi connectivity index (χ1v) is 7.90. The molecule has 2 fully saturated rings. The second kappa shape index (κ2) is 6.47. The van der Waals surface area contributed by atoms with E-state index in [0.29, 0.717) is 5.92 Å². The van der Waals surface area contributed by atoms with Crippen molar-refractivity contribution in [3.8, 4) is 0 Å². The van der Waals surface area contributed by atoms with Crippen LogP contribution in [0, 0.1) is 5.92 Å². The third kappa shape index (κ3) is 3.75. The molecule has 1 aromatic heterocycles. The summed E-state index contributed by atoms with van der Waals surface area (Å²) in [4.78, 5) is 14.1. The molecule has 3 rings (SSSR count). The molecular weight excluding hydrogens is 268 g/mol. The Morgan fingerprint density at radius 2 is 2.38 bits per heavy atom. The van der Waals surface area contributed by atoms with E-state index in [9.17, 15) is 4.79 Å². The topological polar surface area (TPSA) is 59.4 Å². The van der Waals surface area contributed by atoms with Gasteiger partial charge in [0.05, 0.1) is 24.5 Å². The number of likely N-dealkylation sites (tertiary alicyclic amines) is 1. The van der Waals surface area contributed by atoms with Crippen LogP contribution < -0.4 is 5.32 Å². The van der Waals surface area contributed by atoms with Crippen LogP contribution in [0.15, 0.2) is 12.4 Å². The minimum Gasteiger partial charge on any atom is -0.376 e. The molecular formula is C15H24N4O2. The van der Waals surface area contributed by atoms with Crippen LogP contribution >= 0.6 is 0 Å². The number of carbonyl (C=O) groups is 1. The molecule has 0 radical (unpaired) electrons. The van der Waals surface area contributed by atoms with Crippen molar-refractivity contribution in [2.45, 2.75) is 45.3 Å². The largest absolute Gasteiger partial charge is 0.376 e. The first-order chi connectivity index (χ1) is 10.2. The van der Waals surface area contributed by atoms with Gasteiger partial charge in [-0.25, -0.2) is 4.79 Å². The summed E-state index contributed by atoms with van der Waals surface area (Å²) < 4.78 is 7.45. The van der Waals surface area contributed by atoms with E-state index in [1.54, 1.807) is 6.20 Å². The monoisotopic (exact) mass is 292 g/mol. The van der Waals surface area contributed by atoms with Gasteiger partial charge in [0.1, 0.15) is 0 Å². The molecule has 0 spiro atoms. The number of ether oxygens (including phenoxy) is 1. The fourth-order valence-electron chi connectivity index (χ4n) is 3.10. The van der Waals surface area contributed by atoms with E-state index in [2.05, 4.69) is 17.3 Å². The third-order valence-electron chi connectivity index (χ3n) is 4.24. The average molecular weight is 292 g/mol. The summed E-state index contributed by atoms with van der Waals surface area (Å²) in [6, 6.07) is -0.0155. The van der Waals surface area contributed by atoms with E-state index in [1.165, 1.54) is 6.42 Å². The van der Waals surface area contributed by atoms with E-state index < -0.39 is 0 Å². The number of nitrogens with zero attached hydrogens (tertiary/aromatic N) is 3. The number of carbonyl (C=O) groups excluding carboxylic acids is 1. The molecule has 1 aromatic rings. The van der Waals surface area contributed by atoms with Gasteiger partial charge < -0.3 is 15.0 Å². The summed E-state index contributed by atoms with van der Waals surface area (Å²) in [5.41, 5.74) is 0.760. The molecule has 6 heteroatoms. The van der Waals surface area contributed by atoms with Gasteiger partial charge in [-0.3, -0.25) is 4.68 Å². The lowest BCUT2D eigenvalue weighted by atomic mass is 10.0. The molecule has 2 unspecified atom stereocenters. The van der Waals surface area contributed by atoms with Crippen LogP contribution in [0.1, 0.15) is 32.6 Å². The summed E-state index contributed by atoms with van der Waals surface area (Å²) in [5, 5.41) is 7.24. The maximum absolute atomic E-state index is 12.2. The second-order valence-electron chi connectivity index (χ2n) is 6.21. The molecule has 0 aromatic carbocycles. The highest BCUT2D eigenvalue weighted by Gasteiger charge is 2.21. The first-order valence-electron chi connectivity index (χ1n) is 7.90. The predicted molar refractivity (Wildman–Crippen MR) is 80.2 cm³/mol. The minimum atomic E-state index is -0.0155. The Hall–Kier alpha value is -1.56. The molecule has 21 heavy (non-hydrogen) atoms. The highest BCUT2D eigenvalue weighted by molar-refractivity contribution is 5.89. The number of piperidine rings is 1. The van der Waals surface area contributed by atoms with Crippen LogP contribution in [-0.2, 0) is 11.3 Å². The lowest BCUT2D eigenvalue weighted by Crippen LogP contribution is -2.41. The number of hydrogen-bond donors (Lipinski definition) is 1. The lowest BCUT2D eigenvalue weighted by Gasteiger charge is -2.30. The van der Waals surface area contributed by atoms with Crippen LogP contribution in [0.2, 0.25) is 0 Å². The number of anilines is 1. The molecule has 2 aliphatic heterocycles. The predicted octanol–water partition coefficient (Wildman–Crippen LogP) is 2.33. The minimum absolute atomic E-state index is 0.0155. The molecule has 1 N–H and O–H groups in total. The Labute approximate surface area is 125 Å². The SMILES string of the molecule is CC1CCCN(C(=O)Nc2cnn(CC3CCCO3)c2)C1. The van der Waals surface area contributed by atoms with E-state index in [1.807, 2.05) is 15.8 Å². The van der Waals surface area contributed by atoms with Crippen molar-refractivity contribution in [2.75, 3.05) is 25.0 Å². The van der Waals surface area contributed by atoms with Crippen LogP contribution in [0.4, 0.5) is 10.5 Å². The molecule has 0 saturated carbocycles. The number of aromatic nitrogens is 2. The van der Waals surface area contributed by atoms with Crippen LogP contribution in [0.25, 0.3) is 0 Å². The van der Waals surface area contributed by atoms with Gasteiger partial charge in [0.15, 0.2) is 0 Å². The van der Waals surface area contributed by atoms with E-state index >= 15 is 0 Å². The van der Waals surface area contributed by atoms with Crippen molar-refractivity contribution < 1.29 is 9.53 Å². The highest BCUT2D eigenvalue weighted by atomic mass is 16.5. The summed E-state index contributed by atoms with van der Waals surface area (Å²) in [6.07, 6.45) is 8.37. The Morgan fingerprint density at radius 1 is 1.48 bits per heavy atom. The number of urea groups is 1. The summed E-state index contributed by atoms with van der Waals surface area (Å²) in [5.74, 6) is 0.590. The zero-order valence-corrected chi connectivity index (χ0v) is 12.6. The van der Waals surface area contributed by atoms with Crippen molar-refractivity contribution in [1.29, 1.82) is 0 Å². The van der Waals surface area contributed by atoms with Crippen LogP contribution in [0.3, 0.4) is 0 Å². The Morgan fingerprint density at radius 3 is 3.14 bits per heavy atom. The Balaban J connectivity index is 1.52. The number of amides is 2. The standard InChI is InChI=1S/C15H24N4O2/c1-12-4-2-6-18(9-12)15(20)17-13-8-16-19(10-13)11-14-5-3-7-21-14/h8,10,12,14H,2-7,9,11H2,1H3,(H,17,20). The smallest absolute Gasteiger partial charge is 0.321 e. The Bertz CT molecular complexity index is 482. The average Bonchev–Trinajstić information content (AvgIpc) is 3.11. The molecule has 0 aliphatic carbocycles. The molecule has 0 bridgehead atoms. The summed E-state index contributed by atoms with van der Waals surface area (Å²) in [6.45, 7) is 5.49. The molecule has 6 nitrogen and oxygen atoms in total. The fraction of sp³-hybridized carbons (Fsp3) is 0.733. The van der Waals surface area contributed by atoms with Gasteiger partial charge in [0.25, 0.3) is 0 Å². The molecule has 116 valence electrons. The third-order valence-corrected chi connectivity index (χ3v) is 4.24. The van der Waals surface area contributed by atoms with E-state index in [-0.39, 0.29) is 12.1 Å².